The SMILES string of the molecule is Cc1ccc(OCc2nnc(SCC(=O)Nc3ccc(C)c(Cl)c3)o2)cc1. The molecule has 0 saturated heterocycles. The molecule has 0 unspecified atom stereocenters. The maximum absolute atomic E-state index is 12.0. The molecule has 0 spiro atoms. The van der Waals surface area contributed by atoms with Crippen LogP contribution in [0.15, 0.2) is 52.1 Å². The Labute approximate surface area is 166 Å². The van der Waals surface area contributed by atoms with Gasteiger partial charge in [-0.3, -0.25) is 4.79 Å². The first-order valence-electron chi connectivity index (χ1n) is 8.20. The number of hydrogen-bond acceptors (Lipinski definition) is 6. The molecule has 1 heterocycles. The fourth-order valence-corrected chi connectivity index (χ4v) is 2.89. The Morgan fingerprint density at radius 2 is 1.96 bits per heavy atom. The second kappa shape index (κ2) is 8.92. The molecular weight excluding hydrogens is 386 g/mol. The molecule has 140 valence electrons. The number of halogens is 1. The number of carbonyl (C=O) groups excluding carboxylic acids is 1. The van der Waals surface area contributed by atoms with Crippen LogP contribution in [0.3, 0.4) is 0 Å². The summed E-state index contributed by atoms with van der Waals surface area (Å²) in [6, 6.07) is 13.0. The number of anilines is 1. The van der Waals surface area contributed by atoms with Gasteiger partial charge in [0.05, 0.1) is 5.75 Å². The average Bonchev–Trinajstić information content (AvgIpc) is 3.11. The molecule has 3 rings (SSSR count). The molecule has 0 bridgehead atoms. The number of carbonyl (C=O) groups is 1. The third kappa shape index (κ3) is 5.74. The molecular formula is C19H18ClN3O3S. The number of nitrogens with one attached hydrogen (secondary N) is 1. The highest BCUT2D eigenvalue weighted by atomic mass is 35.5. The zero-order chi connectivity index (χ0) is 19.2. The van der Waals surface area contributed by atoms with Crippen LogP contribution < -0.4 is 10.1 Å². The van der Waals surface area contributed by atoms with Crippen LogP contribution in [0, 0.1) is 13.8 Å². The van der Waals surface area contributed by atoms with Crippen molar-refractivity contribution in [3.63, 3.8) is 0 Å². The molecule has 1 aromatic heterocycles. The van der Waals surface area contributed by atoms with Gasteiger partial charge in [0.25, 0.3) is 11.1 Å². The van der Waals surface area contributed by atoms with Gasteiger partial charge in [0, 0.05) is 10.7 Å². The maximum Gasteiger partial charge on any atom is 0.277 e. The van der Waals surface area contributed by atoms with E-state index in [1.54, 1.807) is 12.1 Å². The van der Waals surface area contributed by atoms with E-state index in [0.717, 1.165) is 28.6 Å². The molecule has 3 aromatic rings. The van der Waals surface area contributed by atoms with Crippen molar-refractivity contribution in [2.24, 2.45) is 0 Å². The summed E-state index contributed by atoms with van der Waals surface area (Å²) in [5.41, 5.74) is 2.76. The van der Waals surface area contributed by atoms with Crippen molar-refractivity contribution >= 4 is 35.0 Å². The predicted octanol–water partition coefficient (Wildman–Crippen LogP) is 4.65. The molecule has 0 radical (unpaired) electrons. The van der Waals surface area contributed by atoms with Crippen LogP contribution >= 0.6 is 23.4 Å². The van der Waals surface area contributed by atoms with E-state index >= 15 is 0 Å². The molecule has 1 N–H and O–H groups in total. The second-order valence-corrected chi connectivity index (χ2v) is 7.20. The number of hydrogen-bond donors (Lipinski definition) is 1. The van der Waals surface area contributed by atoms with Gasteiger partial charge >= 0.3 is 0 Å². The minimum Gasteiger partial charge on any atom is -0.484 e. The summed E-state index contributed by atoms with van der Waals surface area (Å²) in [5, 5.41) is 11.5. The van der Waals surface area contributed by atoms with Gasteiger partial charge in [-0.2, -0.15) is 0 Å². The van der Waals surface area contributed by atoms with Crippen molar-refractivity contribution in [3.05, 3.63) is 64.5 Å². The van der Waals surface area contributed by atoms with Crippen LogP contribution in [-0.4, -0.2) is 21.9 Å². The molecule has 0 saturated carbocycles. The molecule has 0 aliphatic carbocycles. The van der Waals surface area contributed by atoms with E-state index in [1.807, 2.05) is 44.2 Å². The lowest BCUT2D eigenvalue weighted by molar-refractivity contribution is -0.113. The van der Waals surface area contributed by atoms with Crippen molar-refractivity contribution < 1.29 is 13.9 Å². The van der Waals surface area contributed by atoms with E-state index in [4.69, 9.17) is 20.8 Å². The highest BCUT2D eigenvalue weighted by Gasteiger charge is 2.11. The number of aryl methyl sites for hydroxylation is 2. The number of thioether (sulfide) groups is 1. The van der Waals surface area contributed by atoms with Crippen LogP contribution in [0.2, 0.25) is 5.02 Å². The van der Waals surface area contributed by atoms with Crippen LogP contribution in [0.25, 0.3) is 0 Å². The van der Waals surface area contributed by atoms with Gasteiger partial charge in [0.2, 0.25) is 5.91 Å². The van der Waals surface area contributed by atoms with Crippen molar-refractivity contribution in [2.75, 3.05) is 11.1 Å². The Morgan fingerprint density at radius 1 is 1.19 bits per heavy atom. The third-order valence-corrected chi connectivity index (χ3v) is 4.84. The van der Waals surface area contributed by atoms with Crippen LogP contribution in [0.5, 0.6) is 5.75 Å². The van der Waals surface area contributed by atoms with Gasteiger partial charge in [-0.25, -0.2) is 0 Å². The van der Waals surface area contributed by atoms with Crippen molar-refractivity contribution in [2.45, 2.75) is 25.7 Å². The Kier molecular flexibility index (Phi) is 6.36. The number of benzene rings is 2. The summed E-state index contributed by atoms with van der Waals surface area (Å²) >= 11 is 7.21. The van der Waals surface area contributed by atoms with Crippen molar-refractivity contribution in [1.29, 1.82) is 0 Å². The molecule has 0 fully saturated rings. The van der Waals surface area contributed by atoms with Gasteiger partial charge in [-0.1, -0.05) is 47.1 Å². The third-order valence-electron chi connectivity index (χ3n) is 3.61. The summed E-state index contributed by atoms with van der Waals surface area (Å²) < 4.78 is 11.1. The van der Waals surface area contributed by atoms with Gasteiger partial charge < -0.3 is 14.5 Å². The fourth-order valence-electron chi connectivity index (χ4n) is 2.13. The van der Waals surface area contributed by atoms with Crippen LogP contribution in [0.4, 0.5) is 5.69 Å². The minimum atomic E-state index is -0.185. The first-order chi connectivity index (χ1) is 13.0. The summed E-state index contributed by atoms with van der Waals surface area (Å²) in [5.74, 6) is 1.04. The predicted molar refractivity (Wildman–Crippen MR) is 105 cm³/mol. The summed E-state index contributed by atoms with van der Waals surface area (Å²) in [7, 11) is 0. The molecule has 27 heavy (non-hydrogen) atoms. The number of ether oxygens (including phenoxy) is 1. The molecule has 6 nitrogen and oxygen atoms in total. The number of amides is 1. The molecule has 1 amide bonds. The first-order valence-corrected chi connectivity index (χ1v) is 9.56. The second-order valence-electron chi connectivity index (χ2n) is 5.86. The average molecular weight is 404 g/mol. The molecule has 0 atom stereocenters. The summed E-state index contributed by atoms with van der Waals surface area (Å²) in [4.78, 5) is 12.0. The number of nitrogens with zero attached hydrogens (tertiary/aromatic N) is 2. The van der Waals surface area contributed by atoms with E-state index in [1.165, 1.54) is 0 Å². The zero-order valence-corrected chi connectivity index (χ0v) is 16.4. The highest BCUT2D eigenvalue weighted by Crippen LogP contribution is 2.21. The van der Waals surface area contributed by atoms with Crippen molar-refractivity contribution in [3.8, 4) is 5.75 Å². The lowest BCUT2D eigenvalue weighted by Crippen LogP contribution is -2.14. The highest BCUT2D eigenvalue weighted by molar-refractivity contribution is 7.99. The smallest absolute Gasteiger partial charge is 0.277 e. The van der Waals surface area contributed by atoms with E-state index in [2.05, 4.69) is 15.5 Å². The normalized spacial score (nSPS) is 10.6. The monoisotopic (exact) mass is 403 g/mol. The summed E-state index contributed by atoms with van der Waals surface area (Å²) in [6.07, 6.45) is 0. The number of rotatable bonds is 7. The number of aromatic nitrogens is 2. The molecule has 0 aliphatic rings. The fraction of sp³-hybridized carbons (Fsp3) is 0.211. The largest absolute Gasteiger partial charge is 0.484 e. The maximum atomic E-state index is 12.0. The molecule has 0 aliphatic heterocycles. The van der Waals surface area contributed by atoms with Gasteiger partial charge in [0.1, 0.15) is 5.75 Å². The topological polar surface area (TPSA) is 77.2 Å². The van der Waals surface area contributed by atoms with Crippen LogP contribution in [-0.2, 0) is 11.4 Å². The van der Waals surface area contributed by atoms with Crippen molar-refractivity contribution in [1.82, 2.24) is 10.2 Å². The Balaban J connectivity index is 1.46. The van der Waals surface area contributed by atoms with Gasteiger partial charge in [-0.05, 0) is 43.7 Å². The lowest BCUT2D eigenvalue weighted by Gasteiger charge is -2.05. The summed E-state index contributed by atoms with van der Waals surface area (Å²) in [6.45, 7) is 4.08. The van der Waals surface area contributed by atoms with Gasteiger partial charge in [0.15, 0.2) is 6.61 Å². The van der Waals surface area contributed by atoms with E-state index in [0.29, 0.717) is 21.8 Å². The lowest BCUT2D eigenvalue weighted by atomic mass is 10.2. The first kappa shape index (κ1) is 19.3. The Hall–Kier alpha value is -2.51. The zero-order valence-electron chi connectivity index (χ0n) is 14.9. The van der Waals surface area contributed by atoms with E-state index in [9.17, 15) is 4.79 Å². The van der Waals surface area contributed by atoms with Gasteiger partial charge in [-0.15, -0.1) is 10.2 Å². The van der Waals surface area contributed by atoms with Crippen LogP contribution in [0.1, 0.15) is 17.0 Å². The molecule has 2 aromatic carbocycles. The van der Waals surface area contributed by atoms with E-state index < -0.39 is 0 Å². The quantitative estimate of drug-likeness (QED) is 0.578. The molecule has 8 heteroatoms. The Bertz CT molecular complexity index is 928. The Morgan fingerprint density at radius 3 is 2.70 bits per heavy atom. The minimum absolute atomic E-state index is 0.145. The standard InChI is InChI=1S/C19H18ClN3O3S/c1-12-3-7-15(8-4-12)25-10-18-22-23-19(26-18)27-11-17(24)21-14-6-5-13(2)16(20)9-14/h3-9H,10-11H2,1-2H3,(H,21,24). The van der Waals surface area contributed by atoms with E-state index in [-0.39, 0.29) is 18.3 Å².